The second-order valence-corrected chi connectivity index (χ2v) is 7.63. The first-order valence-electron chi connectivity index (χ1n) is 8.52. The molecule has 7 nitrogen and oxygen atoms in total. The van der Waals surface area contributed by atoms with E-state index in [1.165, 1.54) is 17.2 Å². The highest BCUT2D eigenvalue weighted by Gasteiger charge is 2.22. The normalized spacial score (nSPS) is 11.1. The first-order valence-corrected chi connectivity index (χ1v) is 9.71. The summed E-state index contributed by atoms with van der Waals surface area (Å²) in [5, 5.41) is 5.76. The first kappa shape index (κ1) is 18.4. The Morgan fingerprint density at radius 2 is 2.04 bits per heavy atom. The third kappa shape index (κ3) is 3.00. The zero-order valence-corrected chi connectivity index (χ0v) is 16.7. The minimum Gasteiger partial charge on any atom is -0.462 e. The average Bonchev–Trinajstić information content (AvgIpc) is 3.22. The molecule has 4 aromatic rings. The second kappa shape index (κ2) is 7.21. The van der Waals surface area contributed by atoms with E-state index < -0.39 is 5.97 Å². The summed E-state index contributed by atoms with van der Waals surface area (Å²) in [6.45, 7) is 4.02. The van der Waals surface area contributed by atoms with Gasteiger partial charge in [0.2, 0.25) is 0 Å². The van der Waals surface area contributed by atoms with Gasteiger partial charge in [0, 0.05) is 15.5 Å². The van der Waals surface area contributed by atoms with Crippen LogP contribution >= 0.6 is 22.9 Å². The van der Waals surface area contributed by atoms with Crippen LogP contribution in [0.4, 0.5) is 5.82 Å². The Morgan fingerprint density at radius 1 is 1.29 bits per heavy atom. The molecule has 0 unspecified atom stereocenters. The van der Waals surface area contributed by atoms with E-state index in [-0.39, 0.29) is 18.0 Å². The number of carbonyl (C=O) groups is 1. The molecule has 0 spiro atoms. The Bertz CT molecular complexity index is 1180. The SMILES string of the molecule is CCOC(=O)c1cnn(-c2ncnc3sc(C)c(-c4ccc(Cl)cc4)c23)c1N. The third-order valence-corrected chi connectivity index (χ3v) is 5.54. The molecule has 0 saturated carbocycles. The Labute approximate surface area is 169 Å². The van der Waals surface area contributed by atoms with E-state index in [4.69, 9.17) is 22.1 Å². The maximum Gasteiger partial charge on any atom is 0.343 e. The lowest BCUT2D eigenvalue weighted by atomic mass is 10.0. The van der Waals surface area contributed by atoms with Crippen molar-refractivity contribution < 1.29 is 9.53 Å². The van der Waals surface area contributed by atoms with Gasteiger partial charge in [0.05, 0.1) is 18.2 Å². The molecule has 142 valence electrons. The topological polar surface area (TPSA) is 95.9 Å². The van der Waals surface area contributed by atoms with Gasteiger partial charge in [0.15, 0.2) is 5.82 Å². The number of fused-ring (bicyclic) bond motifs is 1. The molecule has 9 heteroatoms. The largest absolute Gasteiger partial charge is 0.462 e. The van der Waals surface area contributed by atoms with Crippen LogP contribution in [0, 0.1) is 6.92 Å². The first-order chi connectivity index (χ1) is 13.5. The van der Waals surface area contributed by atoms with E-state index in [0.29, 0.717) is 10.8 Å². The van der Waals surface area contributed by atoms with Crippen molar-refractivity contribution in [3.8, 4) is 16.9 Å². The molecule has 0 fully saturated rings. The van der Waals surface area contributed by atoms with Gasteiger partial charge in [-0.05, 0) is 31.5 Å². The number of aromatic nitrogens is 4. The number of nitrogen functional groups attached to an aromatic ring is 1. The molecule has 0 aliphatic carbocycles. The number of anilines is 1. The Hall–Kier alpha value is -2.97. The van der Waals surface area contributed by atoms with Gasteiger partial charge in [-0.3, -0.25) is 0 Å². The number of rotatable bonds is 4. The molecule has 3 heterocycles. The predicted molar refractivity (Wildman–Crippen MR) is 110 cm³/mol. The number of nitrogens with two attached hydrogens (primary N) is 1. The number of halogens is 1. The summed E-state index contributed by atoms with van der Waals surface area (Å²) in [6, 6.07) is 7.57. The smallest absolute Gasteiger partial charge is 0.343 e. The standard InChI is InChI=1S/C19H16ClN5O2S/c1-3-27-19(26)13-8-24-25(16(13)21)17-15-14(11-4-6-12(20)7-5-11)10(2)28-18(15)23-9-22-17/h4-9H,3,21H2,1-2H3. The van der Waals surface area contributed by atoms with Crippen LogP contribution in [-0.2, 0) is 4.74 Å². The predicted octanol–water partition coefficient (Wildman–Crippen LogP) is 4.26. The van der Waals surface area contributed by atoms with E-state index in [9.17, 15) is 4.79 Å². The highest BCUT2D eigenvalue weighted by molar-refractivity contribution is 7.19. The summed E-state index contributed by atoms with van der Waals surface area (Å²) < 4.78 is 6.48. The maximum absolute atomic E-state index is 12.1. The molecule has 2 N–H and O–H groups in total. The van der Waals surface area contributed by atoms with Crippen molar-refractivity contribution in [2.75, 3.05) is 12.3 Å². The van der Waals surface area contributed by atoms with Gasteiger partial charge in [-0.1, -0.05) is 23.7 Å². The van der Waals surface area contributed by atoms with Gasteiger partial charge in [-0.25, -0.2) is 14.8 Å². The van der Waals surface area contributed by atoms with Crippen molar-refractivity contribution in [3.63, 3.8) is 0 Å². The Morgan fingerprint density at radius 3 is 2.75 bits per heavy atom. The maximum atomic E-state index is 12.1. The summed E-state index contributed by atoms with van der Waals surface area (Å²) in [5.74, 6) is 0.160. The van der Waals surface area contributed by atoms with Crippen LogP contribution in [-0.4, -0.2) is 32.3 Å². The monoisotopic (exact) mass is 413 g/mol. The van der Waals surface area contributed by atoms with Gasteiger partial charge < -0.3 is 10.5 Å². The molecule has 0 amide bonds. The zero-order valence-electron chi connectivity index (χ0n) is 15.1. The summed E-state index contributed by atoms with van der Waals surface area (Å²) in [6.07, 6.45) is 2.85. The van der Waals surface area contributed by atoms with Crippen LogP contribution in [0.15, 0.2) is 36.8 Å². The van der Waals surface area contributed by atoms with Crippen molar-refractivity contribution in [2.24, 2.45) is 0 Å². The fraction of sp³-hybridized carbons (Fsp3) is 0.158. The number of aryl methyl sites for hydroxylation is 1. The van der Waals surface area contributed by atoms with Crippen molar-refractivity contribution in [2.45, 2.75) is 13.8 Å². The molecule has 0 saturated heterocycles. The minimum absolute atomic E-state index is 0.171. The lowest BCUT2D eigenvalue weighted by Gasteiger charge is -2.08. The van der Waals surface area contributed by atoms with Crippen LogP contribution in [0.3, 0.4) is 0 Å². The summed E-state index contributed by atoms with van der Waals surface area (Å²) in [7, 11) is 0. The number of esters is 1. The third-order valence-electron chi connectivity index (χ3n) is 4.28. The van der Waals surface area contributed by atoms with E-state index in [1.807, 2.05) is 31.2 Å². The molecule has 0 atom stereocenters. The molecule has 3 aromatic heterocycles. The summed E-state index contributed by atoms with van der Waals surface area (Å²) in [5.41, 5.74) is 8.37. The zero-order chi connectivity index (χ0) is 19.8. The molecule has 0 radical (unpaired) electrons. The van der Waals surface area contributed by atoms with Crippen LogP contribution in [0.2, 0.25) is 5.02 Å². The van der Waals surface area contributed by atoms with Crippen molar-refractivity contribution in [1.82, 2.24) is 19.7 Å². The lowest BCUT2D eigenvalue weighted by Crippen LogP contribution is -2.10. The Balaban J connectivity index is 1.94. The van der Waals surface area contributed by atoms with Gasteiger partial charge >= 0.3 is 5.97 Å². The van der Waals surface area contributed by atoms with E-state index in [1.54, 1.807) is 18.3 Å². The number of carbonyl (C=O) groups excluding carboxylic acids is 1. The second-order valence-electron chi connectivity index (χ2n) is 5.99. The van der Waals surface area contributed by atoms with Crippen LogP contribution in [0.5, 0.6) is 0 Å². The molecule has 28 heavy (non-hydrogen) atoms. The molecule has 0 aliphatic rings. The highest BCUT2D eigenvalue weighted by atomic mass is 35.5. The minimum atomic E-state index is -0.518. The van der Waals surface area contributed by atoms with Crippen LogP contribution in [0.1, 0.15) is 22.2 Å². The van der Waals surface area contributed by atoms with Crippen molar-refractivity contribution in [3.05, 3.63) is 52.3 Å². The Kier molecular flexibility index (Phi) is 4.74. The number of thiophene rings is 1. The number of hydrogen-bond acceptors (Lipinski definition) is 7. The van der Waals surface area contributed by atoms with Crippen LogP contribution < -0.4 is 5.73 Å². The quantitative estimate of drug-likeness (QED) is 0.502. The molecule has 4 rings (SSSR count). The van der Waals surface area contributed by atoms with Crippen molar-refractivity contribution in [1.29, 1.82) is 0 Å². The molecular formula is C19H16ClN5O2S. The van der Waals surface area contributed by atoms with Gasteiger partial charge in [0.25, 0.3) is 0 Å². The number of nitrogens with zero attached hydrogens (tertiary/aromatic N) is 4. The van der Waals surface area contributed by atoms with Crippen LogP contribution in [0.25, 0.3) is 27.2 Å². The number of benzene rings is 1. The van der Waals surface area contributed by atoms with E-state index in [0.717, 1.165) is 26.2 Å². The number of ether oxygens (including phenoxy) is 1. The molecular weight excluding hydrogens is 398 g/mol. The van der Waals surface area contributed by atoms with Gasteiger partial charge in [-0.2, -0.15) is 9.78 Å². The average molecular weight is 414 g/mol. The molecule has 0 bridgehead atoms. The van der Waals surface area contributed by atoms with Crippen molar-refractivity contribution >= 4 is 44.9 Å². The van der Waals surface area contributed by atoms with E-state index in [2.05, 4.69) is 15.1 Å². The molecule has 0 aliphatic heterocycles. The number of hydrogen-bond donors (Lipinski definition) is 1. The summed E-state index contributed by atoms with van der Waals surface area (Å²) in [4.78, 5) is 22.8. The fourth-order valence-corrected chi connectivity index (χ4v) is 4.18. The van der Waals surface area contributed by atoms with Gasteiger partial charge in [-0.15, -0.1) is 11.3 Å². The molecule has 1 aromatic carbocycles. The van der Waals surface area contributed by atoms with Gasteiger partial charge in [0.1, 0.15) is 22.5 Å². The fourth-order valence-electron chi connectivity index (χ4n) is 3.05. The lowest BCUT2D eigenvalue weighted by molar-refractivity contribution is 0.0527. The summed E-state index contributed by atoms with van der Waals surface area (Å²) >= 11 is 7.60. The highest BCUT2D eigenvalue weighted by Crippen LogP contribution is 2.40. The van der Waals surface area contributed by atoms with E-state index >= 15 is 0 Å².